The van der Waals surface area contributed by atoms with Gasteiger partial charge in [0.25, 0.3) is 5.91 Å². The quantitative estimate of drug-likeness (QED) is 0.556. The van der Waals surface area contributed by atoms with Gasteiger partial charge < -0.3 is 20.1 Å². The van der Waals surface area contributed by atoms with E-state index >= 15 is 0 Å². The van der Waals surface area contributed by atoms with Gasteiger partial charge in [-0.05, 0) is 48.2 Å². The molecule has 1 atom stereocenters. The van der Waals surface area contributed by atoms with Gasteiger partial charge in [0.15, 0.2) is 0 Å². The molecule has 2 aromatic carbocycles. The average molecular weight is 383 g/mol. The molecule has 0 spiro atoms. The molecule has 3 rings (SSSR count). The Morgan fingerprint density at radius 3 is 2.71 bits per heavy atom. The second-order valence-electron chi connectivity index (χ2n) is 6.50. The third kappa shape index (κ3) is 5.40. The van der Waals surface area contributed by atoms with Crippen LogP contribution in [0.3, 0.4) is 0 Å². The van der Waals surface area contributed by atoms with Crippen molar-refractivity contribution in [2.75, 3.05) is 6.61 Å². The van der Waals surface area contributed by atoms with Crippen LogP contribution in [0, 0.1) is 5.82 Å². The number of imidazole rings is 1. The maximum atomic E-state index is 13.1. The van der Waals surface area contributed by atoms with Crippen LogP contribution in [0.5, 0.6) is 5.75 Å². The van der Waals surface area contributed by atoms with Gasteiger partial charge >= 0.3 is 0 Å². The number of nitrogens with two attached hydrogens (primary N) is 1. The van der Waals surface area contributed by atoms with Gasteiger partial charge in [-0.25, -0.2) is 9.37 Å². The molecule has 3 N–H and O–H groups in total. The smallest absolute Gasteiger partial charge is 0.268 e. The number of aromatic nitrogens is 2. The zero-order valence-corrected chi connectivity index (χ0v) is 15.3. The minimum absolute atomic E-state index is 0.177. The van der Waals surface area contributed by atoms with Crippen molar-refractivity contribution in [3.8, 4) is 16.9 Å². The summed E-state index contributed by atoms with van der Waals surface area (Å²) in [5, 5.41) is 10.1. The largest absolute Gasteiger partial charge is 0.494 e. The van der Waals surface area contributed by atoms with Crippen molar-refractivity contribution in [2.24, 2.45) is 5.73 Å². The number of primary amides is 1. The van der Waals surface area contributed by atoms with Crippen molar-refractivity contribution in [2.45, 2.75) is 25.5 Å². The van der Waals surface area contributed by atoms with E-state index in [4.69, 9.17) is 10.5 Å². The number of halogens is 1. The molecule has 3 aromatic rings. The standard InChI is InChI=1S/C21H22FN3O3/c22-17-8-6-15(7-9-17)16-3-1-5-19(11-16)28-10-2-4-18(26)12-25-13-20(21(23)27)24-14-25/h1,3,5-9,11,13-14,18,26H,2,4,10,12H2,(H2,23,27)/t18-/m0/s1. The molecule has 146 valence electrons. The van der Waals surface area contributed by atoms with Crippen molar-refractivity contribution in [3.63, 3.8) is 0 Å². The van der Waals surface area contributed by atoms with Crippen LogP contribution in [0.2, 0.25) is 0 Å². The van der Waals surface area contributed by atoms with Gasteiger partial charge in [0.2, 0.25) is 0 Å². The van der Waals surface area contributed by atoms with E-state index in [-0.39, 0.29) is 11.5 Å². The Morgan fingerprint density at radius 2 is 2.00 bits per heavy atom. The molecule has 1 aromatic heterocycles. The van der Waals surface area contributed by atoms with Crippen LogP contribution < -0.4 is 10.5 Å². The summed E-state index contributed by atoms with van der Waals surface area (Å²) >= 11 is 0. The summed E-state index contributed by atoms with van der Waals surface area (Å²) in [5.41, 5.74) is 7.19. The zero-order valence-electron chi connectivity index (χ0n) is 15.3. The third-order valence-electron chi connectivity index (χ3n) is 4.27. The van der Waals surface area contributed by atoms with E-state index in [0.29, 0.717) is 26.0 Å². The van der Waals surface area contributed by atoms with Crippen LogP contribution >= 0.6 is 0 Å². The molecule has 1 heterocycles. The average Bonchev–Trinajstić information content (AvgIpc) is 3.15. The number of hydrogen-bond donors (Lipinski definition) is 2. The highest BCUT2D eigenvalue weighted by Crippen LogP contribution is 2.24. The van der Waals surface area contributed by atoms with Gasteiger partial charge in [-0.2, -0.15) is 0 Å². The van der Waals surface area contributed by atoms with Crippen molar-refractivity contribution < 1.29 is 19.0 Å². The van der Waals surface area contributed by atoms with Crippen LogP contribution in [0.4, 0.5) is 4.39 Å². The van der Waals surface area contributed by atoms with E-state index in [0.717, 1.165) is 16.9 Å². The first kappa shape index (κ1) is 19.6. The number of nitrogens with zero attached hydrogens (tertiary/aromatic N) is 2. The molecule has 0 aliphatic heterocycles. The van der Waals surface area contributed by atoms with Crippen LogP contribution in [0.15, 0.2) is 61.1 Å². The molecule has 0 fully saturated rings. The summed E-state index contributed by atoms with van der Waals surface area (Å²) in [7, 11) is 0. The molecule has 7 heteroatoms. The Morgan fingerprint density at radius 1 is 1.21 bits per heavy atom. The van der Waals surface area contributed by atoms with Gasteiger partial charge in [-0.3, -0.25) is 4.79 Å². The van der Waals surface area contributed by atoms with Crippen LogP contribution in [0.1, 0.15) is 23.3 Å². The topological polar surface area (TPSA) is 90.4 Å². The number of carbonyl (C=O) groups is 1. The highest BCUT2D eigenvalue weighted by atomic mass is 19.1. The van der Waals surface area contributed by atoms with Crippen molar-refractivity contribution in [1.82, 2.24) is 9.55 Å². The van der Waals surface area contributed by atoms with E-state index in [1.54, 1.807) is 16.7 Å². The number of amides is 1. The lowest BCUT2D eigenvalue weighted by atomic mass is 10.1. The molecule has 6 nitrogen and oxygen atoms in total. The number of aliphatic hydroxyl groups is 1. The first-order chi connectivity index (χ1) is 13.5. The van der Waals surface area contributed by atoms with E-state index in [1.807, 2.05) is 24.3 Å². The molecular weight excluding hydrogens is 361 g/mol. The van der Waals surface area contributed by atoms with Crippen molar-refractivity contribution in [3.05, 3.63) is 72.6 Å². The highest BCUT2D eigenvalue weighted by molar-refractivity contribution is 5.90. The number of hydrogen-bond acceptors (Lipinski definition) is 4. The fraction of sp³-hybridized carbons (Fsp3) is 0.238. The molecule has 0 unspecified atom stereocenters. The fourth-order valence-electron chi connectivity index (χ4n) is 2.84. The summed E-state index contributed by atoms with van der Waals surface area (Å²) in [6.45, 7) is 0.792. The van der Waals surface area contributed by atoms with E-state index in [9.17, 15) is 14.3 Å². The maximum Gasteiger partial charge on any atom is 0.268 e. The van der Waals surface area contributed by atoms with Crippen LogP contribution in [-0.4, -0.2) is 33.3 Å². The number of aliphatic hydroxyl groups excluding tert-OH is 1. The second kappa shape index (κ2) is 9.14. The Bertz CT molecular complexity index is 925. The summed E-state index contributed by atoms with van der Waals surface area (Å²) in [6.07, 6.45) is 3.62. The lowest BCUT2D eigenvalue weighted by molar-refractivity contribution is 0.0995. The summed E-state index contributed by atoms with van der Waals surface area (Å²) in [5.74, 6) is -0.141. The Balaban J connectivity index is 1.45. The van der Waals surface area contributed by atoms with E-state index in [1.165, 1.54) is 24.7 Å². The SMILES string of the molecule is NC(=O)c1cn(C[C@@H](O)CCCOc2cccc(-c3ccc(F)cc3)c2)cn1. The normalized spacial score (nSPS) is 11.9. The highest BCUT2D eigenvalue weighted by Gasteiger charge is 2.09. The number of benzene rings is 2. The first-order valence-electron chi connectivity index (χ1n) is 9.00. The number of carbonyl (C=O) groups excluding carboxylic acids is 1. The predicted octanol–water partition coefficient (Wildman–Crippen LogP) is 3.01. The monoisotopic (exact) mass is 383 g/mol. The van der Waals surface area contributed by atoms with Gasteiger partial charge in [0.05, 0.1) is 19.0 Å². The minimum Gasteiger partial charge on any atom is -0.494 e. The predicted molar refractivity (Wildman–Crippen MR) is 103 cm³/mol. The number of rotatable bonds is 9. The Labute approximate surface area is 162 Å². The van der Waals surface area contributed by atoms with Gasteiger partial charge in [0.1, 0.15) is 17.3 Å². The summed E-state index contributed by atoms with van der Waals surface area (Å²) in [6, 6.07) is 13.9. The molecule has 0 bridgehead atoms. The molecule has 0 saturated carbocycles. The molecule has 1 amide bonds. The van der Waals surface area contributed by atoms with Crippen LogP contribution in [-0.2, 0) is 6.54 Å². The number of ether oxygens (including phenoxy) is 1. The summed E-state index contributed by atoms with van der Waals surface area (Å²) < 4.78 is 20.5. The van der Waals surface area contributed by atoms with Gasteiger partial charge in [0, 0.05) is 12.7 Å². The second-order valence-corrected chi connectivity index (χ2v) is 6.50. The molecule has 28 heavy (non-hydrogen) atoms. The zero-order chi connectivity index (χ0) is 19.9. The van der Waals surface area contributed by atoms with Crippen LogP contribution in [0.25, 0.3) is 11.1 Å². The van der Waals surface area contributed by atoms with Crippen molar-refractivity contribution >= 4 is 5.91 Å². The van der Waals surface area contributed by atoms with Crippen molar-refractivity contribution in [1.29, 1.82) is 0 Å². The lowest BCUT2D eigenvalue weighted by Gasteiger charge is -2.12. The minimum atomic E-state index is -0.593. The fourth-order valence-corrected chi connectivity index (χ4v) is 2.84. The first-order valence-corrected chi connectivity index (χ1v) is 9.00. The van der Waals surface area contributed by atoms with E-state index < -0.39 is 12.0 Å². The molecular formula is C21H22FN3O3. The maximum absolute atomic E-state index is 13.1. The Hall–Kier alpha value is -3.19. The Kier molecular flexibility index (Phi) is 6.39. The van der Waals surface area contributed by atoms with E-state index in [2.05, 4.69) is 4.98 Å². The van der Waals surface area contributed by atoms with Gasteiger partial charge in [-0.15, -0.1) is 0 Å². The molecule has 0 aliphatic rings. The van der Waals surface area contributed by atoms with Gasteiger partial charge in [-0.1, -0.05) is 24.3 Å². The third-order valence-corrected chi connectivity index (χ3v) is 4.27. The summed E-state index contributed by atoms with van der Waals surface area (Å²) in [4.78, 5) is 14.9. The molecule has 0 aliphatic carbocycles. The molecule has 0 saturated heterocycles. The molecule has 0 radical (unpaired) electrons. The lowest BCUT2D eigenvalue weighted by Crippen LogP contribution is -2.16.